The lowest BCUT2D eigenvalue weighted by Gasteiger charge is -2.10. The van der Waals surface area contributed by atoms with Crippen LogP contribution in [0.2, 0.25) is 0 Å². The molecule has 1 aliphatic heterocycles. The Bertz CT molecular complexity index is 279. The summed E-state index contributed by atoms with van der Waals surface area (Å²) in [5.74, 6) is -0.550. The van der Waals surface area contributed by atoms with E-state index in [9.17, 15) is 14.4 Å². The molecule has 0 spiro atoms. The fraction of sp³-hybridized carbons (Fsp3) is 0.625. The zero-order chi connectivity index (χ0) is 11.3. The van der Waals surface area contributed by atoms with Crippen molar-refractivity contribution >= 4 is 18.0 Å². The van der Waals surface area contributed by atoms with Gasteiger partial charge in [-0.2, -0.15) is 0 Å². The Balaban J connectivity index is 2.26. The minimum Gasteiger partial charge on any atom is -0.338 e. The van der Waals surface area contributed by atoms with Gasteiger partial charge in [-0.05, 0) is 6.42 Å². The number of imide groups is 1. The molecule has 0 saturated carbocycles. The SMILES string of the molecule is CCCCNC(=O)NC1NC(=O)NC1=O. The molecule has 0 aromatic carbocycles. The van der Waals surface area contributed by atoms with Crippen LogP contribution in [-0.4, -0.2) is 30.7 Å². The zero-order valence-corrected chi connectivity index (χ0v) is 8.42. The van der Waals surface area contributed by atoms with Crippen LogP contribution in [-0.2, 0) is 4.79 Å². The van der Waals surface area contributed by atoms with Crippen molar-refractivity contribution < 1.29 is 14.4 Å². The maximum atomic E-state index is 11.2. The van der Waals surface area contributed by atoms with E-state index in [1.165, 1.54) is 0 Å². The Morgan fingerprint density at radius 1 is 1.47 bits per heavy atom. The third kappa shape index (κ3) is 3.45. The first-order valence-electron chi connectivity index (χ1n) is 4.79. The number of hydrogen-bond acceptors (Lipinski definition) is 3. The molecule has 0 aliphatic carbocycles. The van der Waals surface area contributed by atoms with Crippen LogP contribution < -0.4 is 21.3 Å². The molecule has 1 heterocycles. The lowest BCUT2D eigenvalue weighted by Crippen LogP contribution is -2.50. The molecule has 0 radical (unpaired) electrons. The van der Waals surface area contributed by atoms with Gasteiger partial charge in [0.2, 0.25) is 0 Å². The summed E-state index contributed by atoms with van der Waals surface area (Å²) in [6.45, 7) is 2.55. The van der Waals surface area contributed by atoms with Crippen LogP contribution in [0.1, 0.15) is 19.8 Å². The second-order valence-corrected chi connectivity index (χ2v) is 3.15. The lowest BCUT2D eigenvalue weighted by atomic mass is 10.3. The van der Waals surface area contributed by atoms with Crippen molar-refractivity contribution in [3.63, 3.8) is 0 Å². The number of hydrogen-bond donors (Lipinski definition) is 4. The Morgan fingerprint density at radius 3 is 2.73 bits per heavy atom. The van der Waals surface area contributed by atoms with Crippen molar-refractivity contribution in [3.8, 4) is 0 Å². The highest BCUT2D eigenvalue weighted by atomic mass is 16.2. The van der Waals surface area contributed by atoms with Gasteiger partial charge in [0, 0.05) is 6.54 Å². The first-order valence-corrected chi connectivity index (χ1v) is 4.79. The molecule has 1 saturated heterocycles. The monoisotopic (exact) mass is 214 g/mol. The standard InChI is InChI=1S/C8H14N4O3/c1-2-3-4-9-7(14)10-5-6(13)12-8(15)11-5/h5H,2-4H2,1H3,(H2,9,10,14)(H2,11,12,13,15). The second-order valence-electron chi connectivity index (χ2n) is 3.15. The summed E-state index contributed by atoms with van der Waals surface area (Å²) in [4.78, 5) is 32.9. The minimum atomic E-state index is -0.973. The van der Waals surface area contributed by atoms with E-state index >= 15 is 0 Å². The van der Waals surface area contributed by atoms with Crippen molar-refractivity contribution in [2.45, 2.75) is 25.9 Å². The van der Waals surface area contributed by atoms with Gasteiger partial charge in [-0.15, -0.1) is 0 Å². The largest absolute Gasteiger partial charge is 0.338 e. The van der Waals surface area contributed by atoms with E-state index in [0.29, 0.717) is 6.54 Å². The van der Waals surface area contributed by atoms with E-state index in [1.807, 2.05) is 12.2 Å². The molecule has 0 aromatic rings. The lowest BCUT2D eigenvalue weighted by molar-refractivity contribution is -0.120. The quantitative estimate of drug-likeness (QED) is 0.366. The third-order valence-electron chi connectivity index (χ3n) is 1.87. The molecule has 4 N–H and O–H groups in total. The number of rotatable bonds is 4. The molecule has 0 aromatic heterocycles. The van der Waals surface area contributed by atoms with Crippen LogP contribution >= 0.6 is 0 Å². The normalized spacial score (nSPS) is 19.4. The minimum absolute atomic E-state index is 0.467. The maximum Gasteiger partial charge on any atom is 0.323 e. The fourth-order valence-corrected chi connectivity index (χ4v) is 1.08. The predicted octanol–water partition coefficient (Wildman–Crippen LogP) is -0.749. The van der Waals surface area contributed by atoms with Crippen LogP contribution in [0.4, 0.5) is 9.59 Å². The number of carbonyl (C=O) groups is 3. The van der Waals surface area contributed by atoms with Gasteiger partial charge in [0.05, 0.1) is 0 Å². The Kier molecular flexibility index (Phi) is 3.90. The third-order valence-corrected chi connectivity index (χ3v) is 1.87. The van der Waals surface area contributed by atoms with Gasteiger partial charge in [0.1, 0.15) is 0 Å². The van der Waals surface area contributed by atoms with E-state index < -0.39 is 24.1 Å². The van der Waals surface area contributed by atoms with Crippen LogP contribution in [0.15, 0.2) is 0 Å². The highest BCUT2D eigenvalue weighted by Gasteiger charge is 2.30. The average Bonchev–Trinajstić information content (AvgIpc) is 2.45. The van der Waals surface area contributed by atoms with Gasteiger partial charge in [-0.25, -0.2) is 9.59 Å². The number of amides is 5. The molecule has 7 nitrogen and oxygen atoms in total. The second kappa shape index (κ2) is 5.18. The van der Waals surface area contributed by atoms with Gasteiger partial charge in [0.25, 0.3) is 5.91 Å². The first-order chi connectivity index (χ1) is 7.13. The summed E-state index contributed by atoms with van der Waals surface area (Å²) in [7, 11) is 0. The van der Waals surface area contributed by atoms with Gasteiger partial charge < -0.3 is 16.0 Å². The topological polar surface area (TPSA) is 99.3 Å². The molecular formula is C8H14N4O3. The van der Waals surface area contributed by atoms with Crippen LogP contribution in [0, 0.1) is 0 Å². The van der Waals surface area contributed by atoms with E-state index in [0.717, 1.165) is 12.8 Å². The molecule has 1 rings (SSSR count). The van der Waals surface area contributed by atoms with E-state index in [4.69, 9.17) is 0 Å². The van der Waals surface area contributed by atoms with Crippen LogP contribution in [0.25, 0.3) is 0 Å². The molecule has 15 heavy (non-hydrogen) atoms. The molecular weight excluding hydrogens is 200 g/mol. The highest BCUT2D eigenvalue weighted by molar-refractivity contribution is 6.05. The van der Waals surface area contributed by atoms with Crippen molar-refractivity contribution in [3.05, 3.63) is 0 Å². The fourth-order valence-electron chi connectivity index (χ4n) is 1.08. The number of nitrogens with one attached hydrogen (secondary N) is 4. The average molecular weight is 214 g/mol. The molecule has 1 atom stereocenters. The Hall–Kier alpha value is -1.79. The maximum absolute atomic E-state index is 11.2. The molecule has 1 unspecified atom stereocenters. The van der Waals surface area contributed by atoms with E-state index in [-0.39, 0.29) is 0 Å². The summed E-state index contributed by atoms with van der Waals surface area (Å²) in [5.41, 5.74) is 0. The van der Waals surface area contributed by atoms with Gasteiger partial charge in [-0.3, -0.25) is 10.1 Å². The van der Waals surface area contributed by atoms with Crippen molar-refractivity contribution in [1.29, 1.82) is 0 Å². The van der Waals surface area contributed by atoms with Crippen LogP contribution in [0.3, 0.4) is 0 Å². The van der Waals surface area contributed by atoms with Gasteiger partial charge in [-0.1, -0.05) is 13.3 Å². The summed E-state index contributed by atoms with van der Waals surface area (Å²) in [6.07, 6.45) is 0.872. The Morgan fingerprint density at radius 2 is 2.20 bits per heavy atom. The van der Waals surface area contributed by atoms with Crippen molar-refractivity contribution in [2.75, 3.05) is 6.54 Å². The zero-order valence-electron chi connectivity index (χ0n) is 8.42. The first kappa shape index (κ1) is 11.3. The van der Waals surface area contributed by atoms with E-state index in [1.54, 1.807) is 0 Å². The van der Waals surface area contributed by atoms with Crippen LogP contribution in [0.5, 0.6) is 0 Å². The highest BCUT2D eigenvalue weighted by Crippen LogP contribution is 1.88. The van der Waals surface area contributed by atoms with Gasteiger partial charge >= 0.3 is 12.1 Å². The molecule has 0 bridgehead atoms. The number of unbranched alkanes of at least 4 members (excludes halogenated alkanes) is 1. The number of carbonyl (C=O) groups excluding carboxylic acids is 3. The summed E-state index contributed by atoms with van der Waals surface area (Å²) < 4.78 is 0. The van der Waals surface area contributed by atoms with Crippen molar-refractivity contribution in [2.24, 2.45) is 0 Å². The molecule has 5 amide bonds. The smallest absolute Gasteiger partial charge is 0.323 e. The molecule has 7 heteroatoms. The van der Waals surface area contributed by atoms with Crippen molar-refractivity contribution in [1.82, 2.24) is 21.3 Å². The predicted molar refractivity (Wildman–Crippen MR) is 51.9 cm³/mol. The van der Waals surface area contributed by atoms with Gasteiger partial charge in [0.15, 0.2) is 6.17 Å². The molecule has 84 valence electrons. The summed E-state index contributed by atoms with van der Waals surface area (Å²) >= 11 is 0. The summed E-state index contributed by atoms with van der Waals surface area (Å²) in [5, 5.41) is 9.15. The molecule has 1 aliphatic rings. The number of urea groups is 2. The molecule has 1 fully saturated rings. The van der Waals surface area contributed by atoms with E-state index in [2.05, 4.69) is 16.0 Å². The Labute approximate surface area is 87.0 Å². The summed E-state index contributed by atoms with van der Waals surface area (Å²) in [6, 6.07) is -1.07.